The Bertz CT molecular complexity index is 552. The maximum absolute atomic E-state index is 12.1. The van der Waals surface area contributed by atoms with Gasteiger partial charge >= 0.3 is 0 Å². The van der Waals surface area contributed by atoms with Crippen LogP contribution >= 0.6 is 0 Å². The highest BCUT2D eigenvalue weighted by atomic mass is 16.3. The first-order chi connectivity index (χ1) is 10.2. The standard InChI is InChI=1S/C18H21NO2/c1-14(20)12-17(15-8-4-2-5-9-15)13-19-18(21)16-10-6-3-7-11-16/h2-11,14,17,20H,12-13H2,1H3,(H,19,21). The second-order valence-electron chi connectivity index (χ2n) is 5.27. The fourth-order valence-corrected chi connectivity index (χ4v) is 2.38. The largest absolute Gasteiger partial charge is 0.393 e. The summed E-state index contributed by atoms with van der Waals surface area (Å²) in [6, 6.07) is 19.1. The van der Waals surface area contributed by atoms with Crippen LogP contribution in [0.15, 0.2) is 60.7 Å². The van der Waals surface area contributed by atoms with Crippen molar-refractivity contribution in [1.82, 2.24) is 5.32 Å². The van der Waals surface area contributed by atoms with Crippen molar-refractivity contribution >= 4 is 5.91 Å². The zero-order valence-electron chi connectivity index (χ0n) is 12.2. The molecule has 110 valence electrons. The van der Waals surface area contributed by atoms with E-state index >= 15 is 0 Å². The van der Waals surface area contributed by atoms with Gasteiger partial charge in [0, 0.05) is 18.0 Å². The molecule has 0 aliphatic carbocycles. The fourth-order valence-electron chi connectivity index (χ4n) is 2.38. The lowest BCUT2D eigenvalue weighted by Crippen LogP contribution is -2.29. The first-order valence-corrected chi connectivity index (χ1v) is 7.23. The SMILES string of the molecule is CC(O)CC(CNC(=O)c1ccccc1)c1ccccc1. The van der Waals surface area contributed by atoms with E-state index in [1.54, 1.807) is 19.1 Å². The molecule has 2 atom stereocenters. The number of hydrogen-bond acceptors (Lipinski definition) is 2. The van der Waals surface area contributed by atoms with Crippen molar-refractivity contribution in [2.75, 3.05) is 6.54 Å². The molecule has 0 aliphatic heterocycles. The van der Waals surface area contributed by atoms with Crippen LogP contribution in [0.25, 0.3) is 0 Å². The molecule has 2 rings (SSSR count). The van der Waals surface area contributed by atoms with Crippen LogP contribution in [0.3, 0.4) is 0 Å². The number of carbonyl (C=O) groups excluding carboxylic acids is 1. The van der Waals surface area contributed by atoms with Gasteiger partial charge in [0.25, 0.3) is 5.91 Å². The highest BCUT2D eigenvalue weighted by Gasteiger charge is 2.15. The molecule has 0 saturated heterocycles. The smallest absolute Gasteiger partial charge is 0.251 e. The van der Waals surface area contributed by atoms with E-state index in [4.69, 9.17) is 0 Å². The number of rotatable bonds is 6. The highest BCUT2D eigenvalue weighted by Crippen LogP contribution is 2.20. The molecule has 2 aromatic rings. The molecule has 21 heavy (non-hydrogen) atoms. The molecule has 3 nitrogen and oxygen atoms in total. The summed E-state index contributed by atoms with van der Waals surface area (Å²) in [5.74, 6) is 0.0287. The molecule has 0 fully saturated rings. The van der Waals surface area contributed by atoms with Crippen molar-refractivity contribution in [2.45, 2.75) is 25.4 Å². The number of aliphatic hydroxyl groups is 1. The van der Waals surface area contributed by atoms with E-state index in [0.29, 0.717) is 18.5 Å². The van der Waals surface area contributed by atoms with Crippen LogP contribution in [0.2, 0.25) is 0 Å². The van der Waals surface area contributed by atoms with Gasteiger partial charge in [0.15, 0.2) is 0 Å². The summed E-state index contributed by atoms with van der Waals surface area (Å²) in [5.41, 5.74) is 1.79. The molecule has 0 heterocycles. The van der Waals surface area contributed by atoms with Gasteiger partial charge in [0.1, 0.15) is 0 Å². The van der Waals surface area contributed by atoms with Crippen LogP contribution in [0.4, 0.5) is 0 Å². The second-order valence-corrected chi connectivity index (χ2v) is 5.27. The molecular weight excluding hydrogens is 262 g/mol. The van der Waals surface area contributed by atoms with Gasteiger partial charge in [-0.1, -0.05) is 48.5 Å². The molecule has 2 N–H and O–H groups in total. The number of aliphatic hydroxyl groups excluding tert-OH is 1. The van der Waals surface area contributed by atoms with E-state index in [-0.39, 0.29) is 11.8 Å². The molecule has 1 amide bonds. The van der Waals surface area contributed by atoms with Gasteiger partial charge in [0.05, 0.1) is 6.10 Å². The Balaban J connectivity index is 2.01. The Hall–Kier alpha value is -2.13. The molecule has 0 aromatic heterocycles. The van der Waals surface area contributed by atoms with Gasteiger partial charge < -0.3 is 10.4 Å². The second kappa shape index (κ2) is 7.60. The van der Waals surface area contributed by atoms with Crippen molar-refractivity contribution in [1.29, 1.82) is 0 Å². The highest BCUT2D eigenvalue weighted by molar-refractivity contribution is 5.94. The lowest BCUT2D eigenvalue weighted by molar-refractivity contribution is 0.0945. The van der Waals surface area contributed by atoms with Crippen molar-refractivity contribution in [3.8, 4) is 0 Å². The third-order valence-electron chi connectivity index (χ3n) is 3.44. The number of carbonyl (C=O) groups is 1. The van der Waals surface area contributed by atoms with Gasteiger partial charge in [0.2, 0.25) is 0 Å². The summed E-state index contributed by atoms with van der Waals surface area (Å²) in [4.78, 5) is 12.1. The molecule has 0 saturated carbocycles. The van der Waals surface area contributed by atoms with E-state index < -0.39 is 6.10 Å². The lowest BCUT2D eigenvalue weighted by Gasteiger charge is -2.19. The number of nitrogens with one attached hydrogen (secondary N) is 1. The molecule has 3 heteroatoms. The van der Waals surface area contributed by atoms with Crippen LogP contribution in [0.1, 0.15) is 35.2 Å². The first-order valence-electron chi connectivity index (χ1n) is 7.23. The number of benzene rings is 2. The van der Waals surface area contributed by atoms with Gasteiger partial charge in [-0.2, -0.15) is 0 Å². The third kappa shape index (κ3) is 4.72. The van der Waals surface area contributed by atoms with Crippen molar-refractivity contribution < 1.29 is 9.90 Å². The Morgan fingerprint density at radius 2 is 1.62 bits per heavy atom. The van der Waals surface area contributed by atoms with Crippen LogP contribution in [-0.4, -0.2) is 23.7 Å². The minimum absolute atomic E-state index is 0.0814. The van der Waals surface area contributed by atoms with Gasteiger partial charge in [-0.3, -0.25) is 4.79 Å². The first kappa shape index (κ1) is 15.3. The number of hydrogen-bond donors (Lipinski definition) is 2. The minimum Gasteiger partial charge on any atom is -0.393 e. The summed E-state index contributed by atoms with van der Waals surface area (Å²) in [6.45, 7) is 2.29. The van der Waals surface area contributed by atoms with Crippen molar-refractivity contribution in [3.63, 3.8) is 0 Å². The maximum atomic E-state index is 12.1. The molecule has 2 aromatic carbocycles. The quantitative estimate of drug-likeness (QED) is 0.856. The predicted octanol–water partition coefficient (Wildman–Crippen LogP) is 2.97. The summed E-state index contributed by atoms with van der Waals surface area (Å²) in [5, 5.41) is 12.6. The van der Waals surface area contributed by atoms with E-state index in [1.165, 1.54) is 0 Å². The zero-order valence-corrected chi connectivity index (χ0v) is 12.2. The number of amides is 1. The topological polar surface area (TPSA) is 49.3 Å². The Labute approximate surface area is 125 Å². The van der Waals surface area contributed by atoms with E-state index in [2.05, 4.69) is 5.32 Å². The molecule has 0 radical (unpaired) electrons. The Kier molecular flexibility index (Phi) is 5.52. The summed E-state index contributed by atoms with van der Waals surface area (Å²) >= 11 is 0. The van der Waals surface area contributed by atoms with E-state index in [9.17, 15) is 9.90 Å². The van der Waals surface area contributed by atoms with E-state index in [0.717, 1.165) is 5.56 Å². The Morgan fingerprint density at radius 1 is 1.05 bits per heavy atom. The maximum Gasteiger partial charge on any atom is 0.251 e. The molecular formula is C18H21NO2. The molecule has 0 bridgehead atoms. The third-order valence-corrected chi connectivity index (χ3v) is 3.44. The minimum atomic E-state index is -0.399. The molecule has 0 spiro atoms. The summed E-state index contributed by atoms with van der Waals surface area (Å²) in [7, 11) is 0. The van der Waals surface area contributed by atoms with Crippen LogP contribution in [0, 0.1) is 0 Å². The van der Waals surface area contributed by atoms with E-state index in [1.807, 2.05) is 48.5 Å². The molecule has 0 aliphatic rings. The monoisotopic (exact) mass is 283 g/mol. The van der Waals surface area contributed by atoms with Crippen LogP contribution < -0.4 is 5.32 Å². The zero-order chi connectivity index (χ0) is 15.1. The van der Waals surface area contributed by atoms with Gasteiger partial charge in [-0.25, -0.2) is 0 Å². The fraction of sp³-hybridized carbons (Fsp3) is 0.278. The van der Waals surface area contributed by atoms with Crippen LogP contribution in [0.5, 0.6) is 0 Å². The summed E-state index contributed by atoms with van der Waals surface area (Å²) in [6.07, 6.45) is 0.225. The Morgan fingerprint density at radius 3 is 2.19 bits per heavy atom. The average molecular weight is 283 g/mol. The summed E-state index contributed by atoms with van der Waals surface area (Å²) < 4.78 is 0. The lowest BCUT2D eigenvalue weighted by atomic mass is 9.93. The van der Waals surface area contributed by atoms with Gasteiger partial charge in [-0.15, -0.1) is 0 Å². The average Bonchev–Trinajstić information content (AvgIpc) is 2.52. The molecule has 2 unspecified atom stereocenters. The van der Waals surface area contributed by atoms with Crippen molar-refractivity contribution in [3.05, 3.63) is 71.8 Å². The van der Waals surface area contributed by atoms with Crippen molar-refractivity contribution in [2.24, 2.45) is 0 Å². The van der Waals surface area contributed by atoms with Crippen LogP contribution in [-0.2, 0) is 0 Å². The predicted molar refractivity (Wildman–Crippen MR) is 84.3 cm³/mol. The van der Waals surface area contributed by atoms with Gasteiger partial charge in [-0.05, 0) is 31.0 Å². The normalized spacial score (nSPS) is 13.4.